The molecule has 1 amide bonds. The van der Waals surface area contributed by atoms with Gasteiger partial charge in [-0.15, -0.1) is 0 Å². The van der Waals surface area contributed by atoms with Crippen LogP contribution in [0.1, 0.15) is 52.9 Å². The average Bonchev–Trinajstić information content (AvgIpc) is 2.32. The molecule has 19 heavy (non-hydrogen) atoms. The number of carboxylic acid groups (broad SMARTS) is 1. The minimum atomic E-state index is -0.759. The van der Waals surface area contributed by atoms with E-state index in [0.717, 1.165) is 12.8 Å². The van der Waals surface area contributed by atoms with Crippen LogP contribution >= 0.6 is 0 Å². The average molecular weight is 272 g/mol. The SMILES string of the molecule is CCC(CCNC(=O)CC(N)C(C)C)CCC(=O)O. The topological polar surface area (TPSA) is 92.4 Å². The maximum atomic E-state index is 11.6. The van der Waals surface area contributed by atoms with Crippen LogP contribution in [0.5, 0.6) is 0 Å². The third-order valence-electron chi connectivity index (χ3n) is 3.50. The molecule has 0 aromatic carbocycles. The quantitative estimate of drug-likeness (QED) is 0.565. The molecule has 2 unspecified atom stereocenters. The first kappa shape index (κ1) is 17.9. The van der Waals surface area contributed by atoms with Crippen LogP contribution in [0.2, 0.25) is 0 Å². The van der Waals surface area contributed by atoms with Gasteiger partial charge in [0.15, 0.2) is 0 Å². The lowest BCUT2D eigenvalue weighted by Gasteiger charge is -2.17. The first-order chi connectivity index (χ1) is 8.86. The van der Waals surface area contributed by atoms with E-state index in [0.29, 0.717) is 31.2 Å². The third kappa shape index (κ3) is 9.47. The maximum absolute atomic E-state index is 11.6. The van der Waals surface area contributed by atoms with Crippen molar-refractivity contribution in [3.63, 3.8) is 0 Å². The molecule has 0 saturated heterocycles. The molecule has 0 aliphatic rings. The monoisotopic (exact) mass is 272 g/mol. The van der Waals surface area contributed by atoms with Crippen molar-refractivity contribution in [1.29, 1.82) is 0 Å². The van der Waals surface area contributed by atoms with Gasteiger partial charge in [0, 0.05) is 25.4 Å². The van der Waals surface area contributed by atoms with E-state index in [4.69, 9.17) is 10.8 Å². The number of carbonyl (C=O) groups is 2. The summed E-state index contributed by atoms with van der Waals surface area (Å²) in [5.74, 6) is -0.125. The van der Waals surface area contributed by atoms with Crippen LogP contribution in [0.25, 0.3) is 0 Å². The number of amides is 1. The zero-order valence-corrected chi connectivity index (χ0v) is 12.3. The second-order valence-electron chi connectivity index (χ2n) is 5.46. The molecular weight excluding hydrogens is 244 g/mol. The van der Waals surface area contributed by atoms with Gasteiger partial charge in [0.25, 0.3) is 0 Å². The Bertz CT molecular complexity index is 280. The van der Waals surface area contributed by atoms with Gasteiger partial charge in [0.05, 0.1) is 0 Å². The fraction of sp³-hybridized carbons (Fsp3) is 0.857. The van der Waals surface area contributed by atoms with E-state index in [1.807, 2.05) is 20.8 Å². The molecule has 0 saturated carbocycles. The van der Waals surface area contributed by atoms with Crippen molar-refractivity contribution in [3.05, 3.63) is 0 Å². The molecule has 4 N–H and O–H groups in total. The summed E-state index contributed by atoms with van der Waals surface area (Å²) in [6, 6.07) is -0.103. The van der Waals surface area contributed by atoms with Crippen molar-refractivity contribution < 1.29 is 14.7 Å². The van der Waals surface area contributed by atoms with Gasteiger partial charge in [-0.3, -0.25) is 9.59 Å². The summed E-state index contributed by atoms with van der Waals surface area (Å²) in [6.07, 6.45) is 2.99. The van der Waals surface area contributed by atoms with Crippen molar-refractivity contribution >= 4 is 11.9 Å². The molecule has 0 aliphatic carbocycles. The Labute approximate surface area is 115 Å². The van der Waals surface area contributed by atoms with E-state index in [9.17, 15) is 9.59 Å². The van der Waals surface area contributed by atoms with Crippen LogP contribution in [0, 0.1) is 11.8 Å². The largest absolute Gasteiger partial charge is 0.481 e. The summed E-state index contributed by atoms with van der Waals surface area (Å²) < 4.78 is 0. The summed E-state index contributed by atoms with van der Waals surface area (Å²) >= 11 is 0. The lowest BCUT2D eigenvalue weighted by atomic mass is 9.96. The summed E-state index contributed by atoms with van der Waals surface area (Å²) in [6.45, 7) is 6.64. The Morgan fingerprint density at radius 2 is 1.89 bits per heavy atom. The summed E-state index contributed by atoms with van der Waals surface area (Å²) in [5, 5.41) is 11.5. The molecule has 0 fully saturated rings. The first-order valence-electron chi connectivity index (χ1n) is 7.10. The number of carboxylic acids is 1. The van der Waals surface area contributed by atoms with Gasteiger partial charge < -0.3 is 16.2 Å². The molecule has 0 aromatic heterocycles. The minimum Gasteiger partial charge on any atom is -0.481 e. The Kier molecular flexibility index (Phi) is 9.21. The highest BCUT2D eigenvalue weighted by Gasteiger charge is 2.13. The normalized spacial score (nSPS) is 14.2. The fourth-order valence-corrected chi connectivity index (χ4v) is 1.82. The van der Waals surface area contributed by atoms with Gasteiger partial charge in [-0.05, 0) is 24.7 Å². The van der Waals surface area contributed by atoms with Gasteiger partial charge in [-0.2, -0.15) is 0 Å². The van der Waals surface area contributed by atoms with Gasteiger partial charge in [0.1, 0.15) is 0 Å². The van der Waals surface area contributed by atoms with E-state index in [1.54, 1.807) is 0 Å². The van der Waals surface area contributed by atoms with Gasteiger partial charge in [-0.1, -0.05) is 27.2 Å². The first-order valence-corrected chi connectivity index (χ1v) is 7.10. The van der Waals surface area contributed by atoms with E-state index < -0.39 is 5.97 Å². The molecule has 0 bridgehead atoms. The predicted molar refractivity (Wildman–Crippen MR) is 75.7 cm³/mol. The molecule has 5 heteroatoms. The lowest BCUT2D eigenvalue weighted by Crippen LogP contribution is -2.35. The Morgan fingerprint density at radius 1 is 1.26 bits per heavy atom. The van der Waals surface area contributed by atoms with E-state index >= 15 is 0 Å². The lowest BCUT2D eigenvalue weighted by molar-refractivity contribution is -0.137. The van der Waals surface area contributed by atoms with Gasteiger partial charge in [-0.25, -0.2) is 0 Å². The highest BCUT2D eigenvalue weighted by atomic mass is 16.4. The van der Waals surface area contributed by atoms with Crippen molar-refractivity contribution in [1.82, 2.24) is 5.32 Å². The molecule has 5 nitrogen and oxygen atoms in total. The number of hydrogen-bond donors (Lipinski definition) is 3. The molecule has 2 atom stereocenters. The third-order valence-corrected chi connectivity index (χ3v) is 3.50. The van der Waals surface area contributed by atoms with Crippen LogP contribution in [0.4, 0.5) is 0 Å². The van der Waals surface area contributed by atoms with Crippen molar-refractivity contribution in [2.24, 2.45) is 17.6 Å². The summed E-state index contributed by atoms with van der Waals surface area (Å²) in [4.78, 5) is 22.1. The van der Waals surface area contributed by atoms with E-state index in [2.05, 4.69) is 5.32 Å². The molecular formula is C14H28N2O3. The summed E-state index contributed by atoms with van der Waals surface area (Å²) in [7, 11) is 0. The standard InChI is InChI=1S/C14H28N2O3/c1-4-11(5-6-14(18)19)7-8-16-13(17)9-12(15)10(2)3/h10-12H,4-9,15H2,1-3H3,(H,16,17)(H,18,19). The molecule has 0 aromatic rings. The van der Waals surface area contributed by atoms with Crippen LogP contribution in [-0.2, 0) is 9.59 Å². The van der Waals surface area contributed by atoms with E-state index in [1.165, 1.54) is 0 Å². The number of nitrogens with two attached hydrogens (primary N) is 1. The van der Waals surface area contributed by atoms with Crippen LogP contribution in [0.3, 0.4) is 0 Å². The zero-order chi connectivity index (χ0) is 14.8. The molecule has 0 spiro atoms. The van der Waals surface area contributed by atoms with Crippen molar-refractivity contribution in [3.8, 4) is 0 Å². The highest BCUT2D eigenvalue weighted by Crippen LogP contribution is 2.14. The predicted octanol–water partition coefficient (Wildman–Crippen LogP) is 1.76. The number of rotatable bonds is 10. The van der Waals surface area contributed by atoms with Gasteiger partial charge >= 0.3 is 5.97 Å². The van der Waals surface area contributed by atoms with Crippen LogP contribution in [-0.4, -0.2) is 29.6 Å². The molecule has 0 heterocycles. The fourth-order valence-electron chi connectivity index (χ4n) is 1.82. The second-order valence-corrected chi connectivity index (χ2v) is 5.46. The smallest absolute Gasteiger partial charge is 0.303 e. The molecule has 0 aliphatic heterocycles. The Hall–Kier alpha value is -1.10. The number of hydrogen-bond acceptors (Lipinski definition) is 3. The highest BCUT2D eigenvalue weighted by molar-refractivity contribution is 5.76. The number of nitrogens with one attached hydrogen (secondary N) is 1. The van der Waals surface area contributed by atoms with Crippen LogP contribution < -0.4 is 11.1 Å². The summed E-state index contributed by atoms with van der Waals surface area (Å²) in [5.41, 5.74) is 5.83. The second kappa shape index (κ2) is 9.78. The molecule has 0 radical (unpaired) electrons. The number of aliphatic carboxylic acids is 1. The maximum Gasteiger partial charge on any atom is 0.303 e. The molecule has 0 rings (SSSR count). The van der Waals surface area contributed by atoms with E-state index in [-0.39, 0.29) is 18.4 Å². The van der Waals surface area contributed by atoms with Crippen molar-refractivity contribution in [2.45, 2.75) is 58.9 Å². The zero-order valence-electron chi connectivity index (χ0n) is 12.3. The number of carbonyl (C=O) groups excluding carboxylic acids is 1. The van der Waals surface area contributed by atoms with Crippen molar-refractivity contribution in [2.75, 3.05) is 6.54 Å². The van der Waals surface area contributed by atoms with Gasteiger partial charge in [0.2, 0.25) is 5.91 Å². The molecule has 112 valence electrons. The van der Waals surface area contributed by atoms with Crippen LogP contribution in [0.15, 0.2) is 0 Å². The minimum absolute atomic E-state index is 0.0192. The Morgan fingerprint density at radius 3 is 2.37 bits per heavy atom. The Balaban J connectivity index is 3.80.